The van der Waals surface area contributed by atoms with Crippen LogP contribution in [-0.4, -0.2) is 52.1 Å². The lowest BCUT2D eigenvalue weighted by molar-refractivity contribution is -0.128. The van der Waals surface area contributed by atoms with Gasteiger partial charge >= 0.3 is 0 Å². The van der Waals surface area contributed by atoms with Crippen molar-refractivity contribution in [3.63, 3.8) is 0 Å². The van der Waals surface area contributed by atoms with Crippen LogP contribution in [0.25, 0.3) is 22.3 Å². The standard InChI is InChI=1S/C21H25N5O2/c1-14(2)26-20-17(13-23-26)16(21(28)22-11-10-19(27)25(3)4)12-18(24-20)15-8-6-5-7-9-15/h5-9,12-14H,10-11H2,1-4H3,(H,22,28). The minimum atomic E-state index is -0.237. The van der Waals surface area contributed by atoms with Crippen molar-refractivity contribution in [2.45, 2.75) is 26.3 Å². The van der Waals surface area contributed by atoms with Gasteiger partial charge in [-0.3, -0.25) is 9.59 Å². The van der Waals surface area contributed by atoms with E-state index >= 15 is 0 Å². The number of benzene rings is 1. The van der Waals surface area contributed by atoms with E-state index in [1.165, 1.54) is 4.90 Å². The largest absolute Gasteiger partial charge is 0.351 e. The zero-order valence-corrected chi connectivity index (χ0v) is 16.6. The molecular weight excluding hydrogens is 354 g/mol. The van der Waals surface area contributed by atoms with Gasteiger partial charge in [-0.15, -0.1) is 0 Å². The van der Waals surface area contributed by atoms with Crippen molar-refractivity contribution in [1.29, 1.82) is 0 Å². The van der Waals surface area contributed by atoms with E-state index in [4.69, 9.17) is 4.98 Å². The van der Waals surface area contributed by atoms with Gasteiger partial charge in [0, 0.05) is 38.7 Å². The van der Waals surface area contributed by atoms with Crippen molar-refractivity contribution in [3.05, 3.63) is 48.2 Å². The molecule has 0 radical (unpaired) electrons. The average molecular weight is 379 g/mol. The first-order valence-corrected chi connectivity index (χ1v) is 9.30. The Bertz CT molecular complexity index is 993. The van der Waals surface area contributed by atoms with Crippen molar-refractivity contribution in [2.24, 2.45) is 0 Å². The molecule has 2 amide bonds. The summed E-state index contributed by atoms with van der Waals surface area (Å²) in [5.74, 6) is -0.266. The quantitative estimate of drug-likeness (QED) is 0.714. The molecule has 3 rings (SSSR count). The number of aromatic nitrogens is 3. The molecule has 0 fully saturated rings. The molecule has 7 heteroatoms. The lowest BCUT2D eigenvalue weighted by Gasteiger charge is -2.12. The summed E-state index contributed by atoms with van der Waals surface area (Å²) in [6.07, 6.45) is 1.93. The highest BCUT2D eigenvalue weighted by Gasteiger charge is 2.18. The van der Waals surface area contributed by atoms with Crippen LogP contribution in [0.15, 0.2) is 42.6 Å². The van der Waals surface area contributed by atoms with Crippen LogP contribution in [0, 0.1) is 0 Å². The Kier molecular flexibility index (Phi) is 5.73. The molecule has 1 N–H and O–H groups in total. The molecule has 2 aromatic heterocycles. The number of carbonyl (C=O) groups is 2. The Labute approximate surface area is 164 Å². The first-order chi connectivity index (χ1) is 13.4. The Morgan fingerprint density at radius 2 is 1.89 bits per heavy atom. The topological polar surface area (TPSA) is 80.1 Å². The van der Waals surface area contributed by atoms with E-state index in [0.717, 1.165) is 5.56 Å². The van der Waals surface area contributed by atoms with Crippen LogP contribution in [0.4, 0.5) is 0 Å². The summed E-state index contributed by atoms with van der Waals surface area (Å²) in [5.41, 5.74) is 2.82. The van der Waals surface area contributed by atoms with Crippen LogP contribution in [0.2, 0.25) is 0 Å². The minimum absolute atomic E-state index is 0.0298. The zero-order chi connectivity index (χ0) is 20.3. The van der Waals surface area contributed by atoms with Crippen molar-refractivity contribution in [3.8, 4) is 11.3 Å². The fraction of sp³-hybridized carbons (Fsp3) is 0.333. The Morgan fingerprint density at radius 3 is 2.54 bits per heavy atom. The summed E-state index contributed by atoms with van der Waals surface area (Å²) < 4.78 is 1.81. The fourth-order valence-electron chi connectivity index (χ4n) is 2.94. The van der Waals surface area contributed by atoms with Gasteiger partial charge in [0.05, 0.1) is 22.8 Å². The van der Waals surface area contributed by atoms with Crippen LogP contribution in [0.1, 0.15) is 36.7 Å². The summed E-state index contributed by atoms with van der Waals surface area (Å²) in [7, 11) is 3.39. The summed E-state index contributed by atoms with van der Waals surface area (Å²) in [5, 5.41) is 7.96. The van der Waals surface area contributed by atoms with Crippen molar-refractivity contribution in [2.75, 3.05) is 20.6 Å². The van der Waals surface area contributed by atoms with E-state index in [0.29, 0.717) is 22.3 Å². The summed E-state index contributed by atoms with van der Waals surface area (Å²) in [6, 6.07) is 11.6. The third-order valence-electron chi connectivity index (χ3n) is 4.49. The van der Waals surface area contributed by atoms with E-state index in [2.05, 4.69) is 10.4 Å². The molecule has 0 unspecified atom stereocenters. The molecule has 0 atom stereocenters. The number of rotatable bonds is 6. The number of hydrogen-bond donors (Lipinski definition) is 1. The number of nitrogens with one attached hydrogen (secondary N) is 1. The lowest BCUT2D eigenvalue weighted by Crippen LogP contribution is -2.30. The van der Waals surface area contributed by atoms with E-state index in [1.54, 1.807) is 26.4 Å². The number of nitrogens with zero attached hydrogens (tertiary/aromatic N) is 4. The van der Waals surface area contributed by atoms with Gasteiger partial charge in [0.1, 0.15) is 0 Å². The van der Waals surface area contributed by atoms with Gasteiger partial charge in [-0.1, -0.05) is 30.3 Å². The molecule has 0 spiro atoms. The predicted octanol–water partition coefficient (Wildman–Crippen LogP) is 2.89. The lowest BCUT2D eigenvalue weighted by atomic mass is 10.1. The van der Waals surface area contributed by atoms with Gasteiger partial charge in [0.2, 0.25) is 5.91 Å². The molecule has 2 heterocycles. The van der Waals surface area contributed by atoms with Gasteiger partial charge < -0.3 is 10.2 Å². The number of carbonyl (C=O) groups excluding carboxylic acids is 2. The second-order valence-electron chi connectivity index (χ2n) is 7.14. The first kappa shape index (κ1) is 19.5. The van der Waals surface area contributed by atoms with Gasteiger partial charge in [-0.25, -0.2) is 9.67 Å². The monoisotopic (exact) mass is 379 g/mol. The van der Waals surface area contributed by atoms with Crippen LogP contribution < -0.4 is 5.32 Å². The van der Waals surface area contributed by atoms with E-state index in [1.807, 2.05) is 48.9 Å². The van der Waals surface area contributed by atoms with Crippen molar-refractivity contribution < 1.29 is 9.59 Å². The van der Waals surface area contributed by atoms with Gasteiger partial charge in [0.25, 0.3) is 5.91 Å². The zero-order valence-electron chi connectivity index (χ0n) is 16.6. The Balaban J connectivity index is 1.98. The minimum Gasteiger partial charge on any atom is -0.351 e. The predicted molar refractivity (Wildman–Crippen MR) is 109 cm³/mol. The molecule has 0 aliphatic rings. The number of amides is 2. The van der Waals surface area contributed by atoms with E-state index < -0.39 is 0 Å². The molecule has 0 bridgehead atoms. The van der Waals surface area contributed by atoms with Crippen LogP contribution in [-0.2, 0) is 4.79 Å². The van der Waals surface area contributed by atoms with E-state index in [9.17, 15) is 9.59 Å². The van der Waals surface area contributed by atoms with Gasteiger partial charge in [0.15, 0.2) is 5.65 Å². The molecule has 0 saturated carbocycles. The molecule has 7 nitrogen and oxygen atoms in total. The molecule has 0 saturated heterocycles. The third kappa shape index (κ3) is 4.03. The highest BCUT2D eigenvalue weighted by molar-refractivity contribution is 6.06. The molecule has 146 valence electrons. The van der Waals surface area contributed by atoms with Crippen LogP contribution >= 0.6 is 0 Å². The number of hydrogen-bond acceptors (Lipinski definition) is 4. The SMILES string of the molecule is CC(C)n1ncc2c(C(=O)NCCC(=O)N(C)C)cc(-c3ccccc3)nc21. The smallest absolute Gasteiger partial charge is 0.252 e. The molecule has 28 heavy (non-hydrogen) atoms. The summed E-state index contributed by atoms with van der Waals surface area (Å²) in [4.78, 5) is 30.9. The average Bonchev–Trinajstić information content (AvgIpc) is 3.11. The maximum atomic E-state index is 12.9. The maximum absolute atomic E-state index is 12.9. The van der Waals surface area contributed by atoms with Crippen LogP contribution in [0.3, 0.4) is 0 Å². The van der Waals surface area contributed by atoms with Crippen molar-refractivity contribution >= 4 is 22.8 Å². The fourth-order valence-corrected chi connectivity index (χ4v) is 2.94. The highest BCUT2D eigenvalue weighted by atomic mass is 16.2. The normalized spacial score (nSPS) is 11.0. The summed E-state index contributed by atoms with van der Waals surface area (Å²) in [6.45, 7) is 4.32. The van der Waals surface area contributed by atoms with E-state index in [-0.39, 0.29) is 30.8 Å². The maximum Gasteiger partial charge on any atom is 0.252 e. The molecule has 0 aliphatic carbocycles. The van der Waals surface area contributed by atoms with Crippen LogP contribution in [0.5, 0.6) is 0 Å². The molecule has 1 aromatic carbocycles. The molecule has 3 aromatic rings. The van der Waals surface area contributed by atoms with Gasteiger partial charge in [-0.05, 0) is 19.9 Å². The molecular formula is C21H25N5O2. The number of pyridine rings is 1. The Morgan fingerprint density at radius 1 is 1.18 bits per heavy atom. The number of fused-ring (bicyclic) bond motifs is 1. The van der Waals surface area contributed by atoms with Crippen molar-refractivity contribution in [1.82, 2.24) is 25.0 Å². The first-order valence-electron chi connectivity index (χ1n) is 9.30. The summed E-state index contributed by atoms with van der Waals surface area (Å²) >= 11 is 0. The Hall–Kier alpha value is -3.22. The second-order valence-corrected chi connectivity index (χ2v) is 7.14. The third-order valence-corrected chi connectivity index (χ3v) is 4.49. The van der Waals surface area contributed by atoms with Gasteiger partial charge in [-0.2, -0.15) is 5.10 Å². The second kappa shape index (κ2) is 8.21. The molecule has 0 aliphatic heterocycles. The highest BCUT2D eigenvalue weighted by Crippen LogP contribution is 2.26.